The fourth-order valence-corrected chi connectivity index (χ4v) is 5.64. The molecular formula is C31H36N6O3. The number of hydrogen-bond donors (Lipinski definition) is 0. The number of aromatic nitrogens is 2. The lowest BCUT2D eigenvalue weighted by molar-refractivity contribution is -0.128. The number of fused-ring (bicyclic) bond motifs is 2. The van der Waals surface area contributed by atoms with Crippen LogP contribution in [0.3, 0.4) is 0 Å². The molecule has 1 fully saturated rings. The Balaban J connectivity index is 1.49. The summed E-state index contributed by atoms with van der Waals surface area (Å²) in [4.78, 5) is 28.1. The van der Waals surface area contributed by atoms with Gasteiger partial charge in [0.05, 0.1) is 36.9 Å². The second kappa shape index (κ2) is 12.0. The van der Waals surface area contributed by atoms with Crippen LogP contribution in [-0.4, -0.2) is 78.6 Å². The Kier molecular flexibility index (Phi) is 8.29. The van der Waals surface area contributed by atoms with Crippen molar-refractivity contribution in [2.24, 2.45) is 0 Å². The maximum atomic E-state index is 12.5. The summed E-state index contributed by atoms with van der Waals surface area (Å²) in [5.41, 5.74) is 4.22. The third kappa shape index (κ3) is 5.64. The van der Waals surface area contributed by atoms with Crippen molar-refractivity contribution in [3.05, 3.63) is 71.4 Å². The molecule has 1 saturated heterocycles. The van der Waals surface area contributed by atoms with Gasteiger partial charge < -0.3 is 24.2 Å². The number of ether oxygens (including phenoxy) is 2. The first kappa shape index (κ1) is 27.6. The molecule has 9 nitrogen and oxygen atoms in total. The summed E-state index contributed by atoms with van der Waals surface area (Å²) < 4.78 is 12.5. The molecule has 0 saturated carbocycles. The molecular weight excluding hydrogens is 504 g/mol. The quantitative estimate of drug-likeness (QED) is 0.398. The highest BCUT2D eigenvalue weighted by atomic mass is 16.5. The van der Waals surface area contributed by atoms with Crippen molar-refractivity contribution >= 4 is 22.5 Å². The lowest BCUT2D eigenvalue weighted by Crippen LogP contribution is -2.55. The fraction of sp³-hybridized carbons (Fsp3) is 0.419. The predicted octanol–water partition coefficient (Wildman–Crippen LogP) is 3.81. The Morgan fingerprint density at radius 2 is 2.05 bits per heavy atom. The van der Waals surface area contributed by atoms with Gasteiger partial charge in [-0.15, -0.1) is 0 Å². The van der Waals surface area contributed by atoms with E-state index >= 15 is 0 Å². The molecule has 0 N–H and O–H groups in total. The van der Waals surface area contributed by atoms with E-state index in [1.54, 1.807) is 4.90 Å². The van der Waals surface area contributed by atoms with Crippen molar-refractivity contribution < 1.29 is 14.3 Å². The summed E-state index contributed by atoms with van der Waals surface area (Å²) in [6.07, 6.45) is 1.99. The van der Waals surface area contributed by atoms with E-state index in [-0.39, 0.29) is 24.5 Å². The molecule has 0 spiro atoms. The van der Waals surface area contributed by atoms with Crippen LogP contribution >= 0.6 is 0 Å². The van der Waals surface area contributed by atoms with Gasteiger partial charge in [0.15, 0.2) is 0 Å². The molecule has 2 aliphatic rings. The third-order valence-electron chi connectivity index (χ3n) is 7.69. The zero-order valence-electron chi connectivity index (χ0n) is 23.5. The number of amides is 1. The topological polar surface area (TPSA) is 94.8 Å². The highest BCUT2D eigenvalue weighted by Crippen LogP contribution is 2.38. The van der Waals surface area contributed by atoms with Gasteiger partial charge in [0.25, 0.3) is 0 Å². The van der Waals surface area contributed by atoms with Crippen LogP contribution in [0.25, 0.3) is 10.8 Å². The molecule has 3 aromatic rings. The van der Waals surface area contributed by atoms with Gasteiger partial charge in [-0.1, -0.05) is 43.0 Å². The van der Waals surface area contributed by atoms with Crippen LogP contribution in [0.4, 0.5) is 5.82 Å². The fourth-order valence-electron chi connectivity index (χ4n) is 5.64. The van der Waals surface area contributed by atoms with Crippen LogP contribution in [0, 0.1) is 18.3 Å². The van der Waals surface area contributed by atoms with Gasteiger partial charge in [0, 0.05) is 38.2 Å². The van der Waals surface area contributed by atoms with Crippen LogP contribution in [-0.2, 0) is 22.6 Å². The van der Waals surface area contributed by atoms with E-state index in [0.717, 1.165) is 29.2 Å². The number of piperazine rings is 1. The highest BCUT2D eigenvalue weighted by molar-refractivity contribution is 5.89. The Morgan fingerprint density at radius 1 is 1.25 bits per heavy atom. The molecule has 1 amide bonds. The van der Waals surface area contributed by atoms with E-state index in [0.29, 0.717) is 45.3 Å². The van der Waals surface area contributed by atoms with Gasteiger partial charge in [-0.2, -0.15) is 15.2 Å². The summed E-state index contributed by atoms with van der Waals surface area (Å²) in [6.45, 7) is 8.87. The van der Waals surface area contributed by atoms with E-state index in [1.807, 2.05) is 19.0 Å². The summed E-state index contributed by atoms with van der Waals surface area (Å²) in [6, 6.07) is 15.0. The number of anilines is 1. The summed E-state index contributed by atoms with van der Waals surface area (Å²) >= 11 is 0. The molecule has 208 valence electrons. The van der Waals surface area contributed by atoms with E-state index < -0.39 is 0 Å². The smallest absolute Gasteiger partial charge is 0.318 e. The van der Waals surface area contributed by atoms with Crippen LogP contribution in [0.5, 0.6) is 6.01 Å². The summed E-state index contributed by atoms with van der Waals surface area (Å²) in [5.74, 6) is 0.597. The van der Waals surface area contributed by atoms with Gasteiger partial charge >= 0.3 is 6.01 Å². The predicted molar refractivity (Wildman–Crippen MR) is 154 cm³/mol. The Morgan fingerprint density at radius 3 is 2.80 bits per heavy atom. The molecule has 0 aliphatic carbocycles. The summed E-state index contributed by atoms with van der Waals surface area (Å²) in [7, 11) is 3.99. The monoisotopic (exact) mass is 540 g/mol. The Hall–Kier alpha value is -4.00. The van der Waals surface area contributed by atoms with Crippen LogP contribution in [0.2, 0.25) is 0 Å². The minimum Gasteiger partial charge on any atom is -0.462 e. The molecule has 5 rings (SSSR count). The number of carbonyl (C=O) groups excluding carboxylic acids is 1. The first-order chi connectivity index (χ1) is 19.4. The molecule has 3 heterocycles. The molecule has 2 atom stereocenters. The SMILES string of the molecule is C=CC(=O)N1CCN(c2nc(OCCN(C)C)nc3c2COC(c2cccc4cccc(C)c24)C3)C[C@@H]1CC#N. The lowest BCUT2D eigenvalue weighted by atomic mass is 9.92. The number of aryl methyl sites for hydroxylation is 1. The number of benzene rings is 2. The van der Waals surface area contributed by atoms with Crippen LogP contribution in [0.1, 0.15) is 34.9 Å². The van der Waals surface area contributed by atoms with Gasteiger partial charge in [-0.25, -0.2) is 0 Å². The van der Waals surface area contributed by atoms with Gasteiger partial charge in [-0.3, -0.25) is 4.79 Å². The van der Waals surface area contributed by atoms with Crippen LogP contribution in [0.15, 0.2) is 49.1 Å². The number of rotatable bonds is 8. The second-order valence-corrected chi connectivity index (χ2v) is 10.6. The average molecular weight is 541 g/mol. The maximum Gasteiger partial charge on any atom is 0.318 e. The number of carbonyl (C=O) groups is 1. The van der Waals surface area contributed by atoms with Gasteiger partial charge in [0.1, 0.15) is 12.4 Å². The van der Waals surface area contributed by atoms with E-state index in [4.69, 9.17) is 19.4 Å². The first-order valence-electron chi connectivity index (χ1n) is 13.7. The Bertz CT molecular complexity index is 1440. The van der Waals surface area contributed by atoms with Crippen molar-refractivity contribution in [3.8, 4) is 12.1 Å². The molecule has 1 unspecified atom stereocenters. The normalized spacial score (nSPS) is 18.9. The molecule has 0 radical (unpaired) electrons. The number of nitriles is 1. The van der Waals surface area contributed by atoms with Gasteiger partial charge in [0.2, 0.25) is 5.91 Å². The number of likely N-dealkylation sites (N-methyl/N-ethyl adjacent to an activating group) is 1. The van der Waals surface area contributed by atoms with Crippen molar-refractivity contribution in [3.63, 3.8) is 0 Å². The molecule has 1 aromatic heterocycles. The van der Waals surface area contributed by atoms with Crippen molar-refractivity contribution in [1.29, 1.82) is 5.26 Å². The molecule has 9 heteroatoms. The number of nitrogens with zero attached hydrogens (tertiary/aromatic N) is 6. The zero-order chi connectivity index (χ0) is 28.2. The first-order valence-corrected chi connectivity index (χ1v) is 13.7. The minimum absolute atomic E-state index is 0.150. The third-order valence-corrected chi connectivity index (χ3v) is 7.69. The van der Waals surface area contributed by atoms with E-state index in [1.165, 1.54) is 22.4 Å². The molecule has 40 heavy (non-hydrogen) atoms. The number of hydrogen-bond acceptors (Lipinski definition) is 8. The second-order valence-electron chi connectivity index (χ2n) is 10.6. The maximum absolute atomic E-state index is 12.5. The Labute approximate surface area is 235 Å². The molecule has 0 bridgehead atoms. The molecule has 2 aliphatic heterocycles. The van der Waals surface area contributed by atoms with E-state index in [2.05, 4.69) is 60.9 Å². The van der Waals surface area contributed by atoms with Crippen molar-refractivity contribution in [2.45, 2.75) is 38.5 Å². The lowest BCUT2D eigenvalue weighted by Gasteiger charge is -2.41. The largest absolute Gasteiger partial charge is 0.462 e. The van der Waals surface area contributed by atoms with Crippen molar-refractivity contribution in [1.82, 2.24) is 19.8 Å². The standard InChI is InChI=1S/C31H36N6O3/c1-5-28(38)37-15-14-36(19-23(37)12-13-32)30-25-20-40-27(18-26(25)33-31(34-30)39-17-16-35(3)4)24-11-7-10-22-9-6-8-21(2)29(22)24/h5-11,23,27H,1,12,14-20H2,2-4H3/t23-,27?/m0/s1. The zero-order valence-corrected chi connectivity index (χ0v) is 23.5. The van der Waals surface area contributed by atoms with Crippen molar-refractivity contribution in [2.75, 3.05) is 51.8 Å². The van der Waals surface area contributed by atoms with Gasteiger partial charge in [-0.05, 0) is 49.0 Å². The average Bonchev–Trinajstić information content (AvgIpc) is 2.96. The highest BCUT2D eigenvalue weighted by Gasteiger charge is 2.34. The minimum atomic E-state index is -0.260. The van der Waals surface area contributed by atoms with E-state index in [9.17, 15) is 10.1 Å². The molecule has 2 aromatic carbocycles. The van der Waals surface area contributed by atoms with Crippen LogP contribution < -0.4 is 9.64 Å². The summed E-state index contributed by atoms with van der Waals surface area (Å²) in [5, 5.41) is 11.9.